The molecule has 0 radical (unpaired) electrons. The van der Waals surface area contributed by atoms with Crippen LogP contribution in [0.1, 0.15) is 12.5 Å². The van der Waals surface area contributed by atoms with Crippen LogP contribution >= 0.6 is 0 Å². The lowest BCUT2D eigenvalue weighted by atomic mass is 10.1. The van der Waals surface area contributed by atoms with Gasteiger partial charge in [-0.15, -0.1) is 0 Å². The Morgan fingerprint density at radius 1 is 1.00 bits per heavy atom. The van der Waals surface area contributed by atoms with Gasteiger partial charge in [-0.1, -0.05) is 12.1 Å². The Morgan fingerprint density at radius 2 is 1.61 bits per heavy atom. The summed E-state index contributed by atoms with van der Waals surface area (Å²) in [6, 6.07) is 13.3. The highest BCUT2D eigenvalue weighted by Gasteiger charge is 2.03. The van der Waals surface area contributed by atoms with Gasteiger partial charge in [0, 0.05) is 6.54 Å². The molecule has 0 unspecified atom stereocenters. The van der Waals surface area contributed by atoms with E-state index < -0.39 is 0 Å². The largest absolute Gasteiger partial charge is 0.494 e. The van der Waals surface area contributed by atoms with Crippen molar-refractivity contribution in [3.8, 4) is 11.5 Å². The number of nitrogens with one attached hydrogen (secondary N) is 1. The highest BCUT2D eigenvalue weighted by molar-refractivity contribution is 5.77. The molecule has 0 spiro atoms. The maximum Gasteiger partial charge on any atom is 0.257 e. The minimum Gasteiger partial charge on any atom is -0.494 e. The fourth-order valence-electron chi connectivity index (χ4n) is 2.00. The predicted octanol–water partition coefficient (Wildman–Crippen LogP) is 2.96. The standard InChI is InChI=1S/C18H20FNO3/c1-2-22-16-7-9-17(10-8-16)23-13-18(21)20-12-11-14-3-5-15(19)6-4-14/h3-10H,2,11-13H2,1H3,(H,20,21). The number of halogens is 1. The number of hydrogen-bond acceptors (Lipinski definition) is 3. The molecule has 0 saturated heterocycles. The second-order valence-electron chi connectivity index (χ2n) is 4.92. The summed E-state index contributed by atoms with van der Waals surface area (Å²) in [6.07, 6.45) is 0.648. The van der Waals surface area contributed by atoms with E-state index in [1.807, 2.05) is 6.92 Å². The predicted molar refractivity (Wildman–Crippen MR) is 86.2 cm³/mol. The molecule has 2 rings (SSSR count). The van der Waals surface area contributed by atoms with Crippen molar-refractivity contribution in [2.24, 2.45) is 0 Å². The van der Waals surface area contributed by atoms with E-state index in [9.17, 15) is 9.18 Å². The number of benzene rings is 2. The van der Waals surface area contributed by atoms with Gasteiger partial charge in [0.25, 0.3) is 5.91 Å². The van der Waals surface area contributed by atoms with E-state index in [0.29, 0.717) is 25.3 Å². The van der Waals surface area contributed by atoms with Crippen LogP contribution in [0, 0.1) is 5.82 Å². The zero-order valence-corrected chi connectivity index (χ0v) is 13.0. The summed E-state index contributed by atoms with van der Waals surface area (Å²) >= 11 is 0. The van der Waals surface area contributed by atoms with Gasteiger partial charge in [-0.05, 0) is 55.3 Å². The fraction of sp³-hybridized carbons (Fsp3) is 0.278. The second-order valence-corrected chi connectivity index (χ2v) is 4.92. The van der Waals surface area contributed by atoms with Crippen LogP contribution in [0.4, 0.5) is 4.39 Å². The summed E-state index contributed by atoms with van der Waals surface area (Å²) in [6.45, 7) is 2.96. The van der Waals surface area contributed by atoms with Crippen LogP contribution in [0.3, 0.4) is 0 Å². The van der Waals surface area contributed by atoms with Crippen LogP contribution in [-0.2, 0) is 11.2 Å². The van der Waals surface area contributed by atoms with Crippen molar-refractivity contribution in [2.75, 3.05) is 19.8 Å². The molecule has 0 heterocycles. The average Bonchev–Trinajstić information content (AvgIpc) is 2.56. The third-order valence-corrected chi connectivity index (χ3v) is 3.15. The van der Waals surface area contributed by atoms with Gasteiger partial charge >= 0.3 is 0 Å². The van der Waals surface area contributed by atoms with Crippen LogP contribution in [0.5, 0.6) is 11.5 Å². The van der Waals surface area contributed by atoms with Crippen molar-refractivity contribution < 1.29 is 18.7 Å². The zero-order chi connectivity index (χ0) is 16.5. The Hall–Kier alpha value is -2.56. The summed E-state index contributed by atoms with van der Waals surface area (Å²) in [5.41, 5.74) is 0.971. The molecule has 0 fully saturated rings. The lowest BCUT2D eigenvalue weighted by Gasteiger charge is -2.08. The van der Waals surface area contributed by atoms with E-state index >= 15 is 0 Å². The molecular formula is C18H20FNO3. The summed E-state index contributed by atoms with van der Waals surface area (Å²) < 4.78 is 23.5. The summed E-state index contributed by atoms with van der Waals surface area (Å²) in [7, 11) is 0. The Morgan fingerprint density at radius 3 is 2.22 bits per heavy atom. The van der Waals surface area contributed by atoms with E-state index in [4.69, 9.17) is 9.47 Å². The molecule has 0 saturated carbocycles. The highest BCUT2D eigenvalue weighted by atomic mass is 19.1. The van der Waals surface area contributed by atoms with Gasteiger partial charge in [-0.2, -0.15) is 0 Å². The van der Waals surface area contributed by atoms with Crippen LogP contribution < -0.4 is 14.8 Å². The smallest absolute Gasteiger partial charge is 0.257 e. The SMILES string of the molecule is CCOc1ccc(OCC(=O)NCCc2ccc(F)cc2)cc1. The first-order chi connectivity index (χ1) is 11.2. The van der Waals surface area contributed by atoms with Crippen LogP contribution in [0.15, 0.2) is 48.5 Å². The van der Waals surface area contributed by atoms with E-state index in [1.54, 1.807) is 36.4 Å². The first-order valence-corrected chi connectivity index (χ1v) is 7.54. The molecule has 2 aromatic rings. The molecule has 0 atom stereocenters. The molecule has 1 N–H and O–H groups in total. The topological polar surface area (TPSA) is 47.6 Å². The number of rotatable bonds is 8. The lowest BCUT2D eigenvalue weighted by molar-refractivity contribution is -0.123. The van der Waals surface area contributed by atoms with Gasteiger partial charge < -0.3 is 14.8 Å². The zero-order valence-electron chi connectivity index (χ0n) is 13.0. The summed E-state index contributed by atoms with van der Waals surface area (Å²) in [5, 5.41) is 2.77. The molecule has 4 nitrogen and oxygen atoms in total. The van der Waals surface area contributed by atoms with Gasteiger partial charge in [0.05, 0.1) is 6.61 Å². The van der Waals surface area contributed by atoms with Crippen molar-refractivity contribution in [2.45, 2.75) is 13.3 Å². The average molecular weight is 317 g/mol. The third-order valence-electron chi connectivity index (χ3n) is 3.15. The van der Waals surface area contributed by atoms with Gasteiger partial charge in [0.2, 0.25) is 0 Å². The number of carbonyl (C=O) groups is 1. The summed E-state index contributed by atoms with van der Waals surface area (Å²) in [4.78, 5) is 11.7. The van der Waals surface area contributed by atoms with E-state index in [2.05, 4.69) is 5.32 Å². The van der Waals surface area contributed by atoms with Crippen molar-refractivity contribution in [1.82, 2.24) is 5.32 Å². The van der Waals surface area contributed by atoms with Crippen LogP contribution in [-0.4, -0.2) is 25.7 Å². The van der Waals surface area contributed by atoms with Gasteiger partial charge in [0.1, 0.15) is 17.3 Å². The van der Waals surface area contributed by atoms with Crippen molar-refractivity contribution >= 4 is 5.91 Å². The number of carbonyl (C=O) groups excluding carboxylic acids is 1. The van der Waals surface area contributed by atoms with Crippen molar-refractivity contribution in [3.05, 3.63) is 59.9 Å². The highest BCUT2D eigenvalue weighted by Crippen LogP contribution is 2.17. The number of ether oxygens (including phenoxy) is 2. The molecule has 0 aliphatic rings. The Balaban J connectivity index is 1.67. The maximum absolute atomic E-state index is 12.8. The molecule has 0 bridgehead atoms. The van der Waals surface area contributed by atoms with E-state index in [1.165, 1.54) is 12.1 Å². The number of amides is 1. The van der Waals surface area contributed by atoms with E-state index in [-0.39, 0.29) is 18.3 Å². The Labute approximate surface area is 135 Å². The first kappa shape index (κ1) is 16.8. The minimum absolute atomic E-state index is 0.0442. The van der Waals surface area contributed by atoms with Crippen LogP contribution in [0.25, 0.3) is 0 Å². The number of hydrogen-bond donors (Lipinski definition) is 1. The molecular weight excluding hydrogens is 297 g/mol. The monoisotopic (exact) mass is 317 g/mol. The molecule has 0 aliphatic heterocycles. The third kappa shape index (κ3) is 5.98. The molecule has 5 heteroatoms. The fourth-order valence-corrected chi connectivity index (χ4v) is 2.00. The molecule has 0 aromatic heterocycles. The van der Waals surface area contributed by atoms with Crippen molar-refractivity contribution in [1.29, 1.82) is 0 Å². The maximum atomic E-state index is 12.8. The van der Waals surface area contributed by atoms with Crippen molar-refractivity contribution in [3.63, 3.8) is 0 Å². The van der Waals surface area contributed by atoms with Gasteiger partial charge in [0.15, 0.2) is 6.61 Å². The second kappa shape index (κ2) is 8.78. The molecule has 1 amide bonds. The molecule has 122 valence electrons. The summed E-state index contributed by atoms with van der Waals surface area (Å²) in [5.74, 6) is 0.924. The molecule has 2 aromatic carbocycles. The Kier molecular flexibility index (Phi) is 6.41. The quantitative estimate of drug-likeness (QED) is 0.814. The lowest BCUT2D eigenvalue weighted by Crippen LogP contribution is -2.30. The van der Waals surface area contributed by atoms with E-state index in [0.717, 1.165) is 11.3 Å². The molecule has 23 heavy (non-hydrogen) atoms. The van der Waals surface area contributed by atoms with Gasteiger partial charge in [-0.3, -0.25) is 4.79 Å². The Bertz CT molecular complexity index is 611. The first-order valence-electron chi connectivity index (χ1n) is 7.54. The molecule has 0 aliphatic carbocycles. The van der Waals surface area contributed by atoms with Gasteiger partial charge in [-0.25, -0.2) is 4.39 Å². The minimum atomic E-state index is -0.262. The normalized spacial score (nSPS) is 10.2. The van der Waals surface area contributed by atoms with Crippen LogP contribution in [0.2, 0.25) is 0 Å².